The Morgan fingerprint density at radius 2 is 1.80 bits per heavy atom. The molecule has 1 unspecified atom stereocenters. The van der Waals surface area contributed by atoms with Crippen molar-refractivity contribution >= 4 is 22.0 Å². The second-order valence-corrected chi connectivity index (χ2v) is 9.66. The Kier molecular flexibility index (Phi) is 2.65. The molecule has 3 nitrogen and oxygen atoms in total. The first-order valence-electron chi connectivity index (χ1n) is 9.07. The number of thiazole rings is 1. The summed E-state index contributed by atoms with van der Waals surface area (Å²) in [5.41, 5.74) is 5.37. The Bertz CT molecular complexity index is 1010. The van der Waals surface area contributed by atoms with Crippen molar-refractivity contribution in [3.05, 3.63) is 52.8 Å². The minimum absolute atomic E-state index is 0.0257. The third-order valence-corrected chi connectivity index (χ3v) is 8.40. The highest BCUT2D eigenvalue weighted by molar-refractivity contribution is 7.15. The van der Waals surface area contributed by atoms with Crippen molar-refractivity contribution in [2.24, 2.45) is 5.41 Å². The van der Waals surface area contributed by atoms with Gasteiger partial charge >= 0.3 is 0 Å². The zero-order chi connectivity index (χ0) is 17.8. The number of imidazole rings is 1. The highest BCUT2D eigenvalue weighted by Gasteiger charge is 2.65. The summed E-state index contributed by atoms with van der Waals surface area (Å²) in [5, 5.41) is 2.14. The van der Waals surface area contributed by atoms with Crippen LogP contribution in [0.25, 0.3) is 4.96 Å². The van der Waals surface area contributed by atoms with Crippen molar-refractivity contribution in [2.75, 3.05) is 4.90 Å². The van der Waals surface area contributed by atoms with Gasteiger partial charge < -0.3 is 4.90 Å². The Morgan fingerprint density at radius 1 is 1.08 bits per heavy atom. The number of para-hydroxylation sites is 1. The quantitative estimate of drug-likeness (QED) is 0.532. The Hall–Kier alpha value is -1.81. The van der Waals surface area contributed by atoms with Gasteiger partial charge in [-0.15, -0.1) is 11.3 Å². The van der Waals surface area contributed by atoms with Gasteiger partial charge in [-0.3, -0.25) is 4.40 Å². The molecule has 2 aliphatic heterocycles. The van der Waals surface area contributed by atoms with E-state index in [-0.39, 0.29) is 16.4 Å². The van der Waals surface area contributed by atoms with Crippen LogP contribution >= 0.6 is 11.3 Å². The second-order valence-electron chi connectivity index (χ2n) is 8.79. The van der Waals surface area contributed by atoms with Gasteiger partial charge in [0.2, 0.25) is 0 Å². The maximum atomic E-state index is 5.13. The van der Waals surface area contributed by atoms with Crippen LogP contribution in [0.1, 0.15) is 64.5 Å². The van der Waals surface area contributed by atoms with Crippen molar-refractivity contribution < 1.29 is 0 Å². The van der Waals surface area contributed by atoms with Crippen LogP contribution in [0.15, 0.2) is 35.8 Å². The van der Waals surface area contributed by atoms with Crippen LogP contribution in [-0.2, 0) is 11.0 Å². The lowest BCUT2D eigenvalue weighted by atomic mass is 9.52. The monoisotopic (exact) mass is 351 g/mol. The molecule has 0 saturated heterocycles. The van der Waals surface area contributed by atoms with Crippen LogP contribution in [-0.4, -0.2) is 9.38 Å². The highest BCUT2D eigenvalue weighted by Crippen LogP contribution is 2.66. The molecule has 0 saturated carbocycles. The van der Waals surface area contributed by atoms with Gasteiger partial charge in [-0.25, -0.2) is 4.98 Å². The van der Waals surface area contributed by atoms with Gasteiger partial charge in [0.1, 0.15) is 0 Å². The van der Waals surface area contributed by atoms with Crippen LogP contribution in [0.4, 0.5) is 5.69 Å². The molecular formula is C21H25N3S. The van der Waals surface area contributed by atoms with Crippen molar-refractivity contribution in [3.8, 4) is 0 Å². The van der Waals surface area contributed by atoms with Gasteiger partial charge in [0.15, 0.2) is 4.96 Å². The molecule has 0 fully saturated rings. The summed E-state index contributed by atoms with van der Waals surface area (Å²) in [4.78, 5) is 8.88. The number of hydrogen-bond acceptors (Lipinski definition) is 3. The summed E-state index contributed by atoms with van der Waals surface area (Å²) < 4.78 is 2.31. The van der Waals surface area contributed by atoms with Crippen LogP contribution in [0, 0.1) is 5.41 Å². The Morgan fingerprint density at radius 3 is 2.56 bits per heavy atom. The zero-order valence-corrected chi connectivity index (χ0v) is 16.6. The van der Waals surface area contributed by atoms with Gasteiger partial charge in [-0.05, 0) is 30.9 Å². The molecule has 1 aromatic carbocycles. The van der Waals surface area contributed by atoms with Gasteiger partial charge in [-0.2, -0.15) is 0 Å². The maximum Gasteiger partial charge on any atom is 0.194 e. The molecular weight excluding hydrogens is 326 g/mol. The van der Waals surface area contributed by atoms with Gasteiger partial charge in [0, 0.05) is 22.7 Å². The maximum absolute atomic E-state index is 5.13. The Balaban J connectivity index is 1.92. The fourth-order valence-electron chi connectivity index (χ4n) is 5.39. The molecule has 0 radical (unpaired) electrons. The second kappa shape index (κ2) is 4.29. The van der Waals surface area contributed by atoms with Crippen LogP contribution in [0.5, 0.6) is 0 Å². The van der Waals surface area contributed by atoms with Crippen LogP contribution in [0.2, 0.25) is 0 Å². The normalized spacial score (nSPS) is 28.7. The molecule has 4 heteroatoms. The summed E-state index contributed by atoms with van der Waals surface area (Å²) in [5.74, 6) is 0. The summed E-state index contributed by atoms with van der Waals surface area (Å²) in [6.45, 7) is 14.4. The average molecular weight is 352 g/mol. The van der Waals surface area contributed by atoms with E-state index in [0.717, 1.165) is 4.96 Å². The number of anilines is 1. The van der Waals surface area contributed by atoms with Crippen molar-refractivity contribution in [1.29, 1.82) is 0 Å². The number of fused-ring (bicyclic) bond motifs is 7. The van der Waals surface area contributed by atoms with Crippen molar-refractivity contribution in [2.45, 2.75) is 58.5 Å². The number of hydrogen-bond donors (Lipinski definition) is 0. The van der Waals surface area contributed by atoms with Crippen molar-refractivity contribution in [3.63, 3.8) is 0 Å². The topological polar surface area (TPSA) is 20.5 Å². The molecule has 0 aliphatic carbocycles. The predicted octanol–water partition coefficient (Wildman–Crippen LogP) is 5.51. The van der Waals surface area contributed by atoms with E-state index in [0.29, 0.717) is 6.04 Å². The smallest absolute Gasteiger partial charge is 0.194 e. The number of nitrogens with zero attached hydrogens (tertiary/aromatic N) is 3. The third kappa shape index (κ3) is 1.44. The van der Waals surface area contributed by atoms with E-state index in [1.165, 1.54) is 22.6 Å². The summed E-state index contributed by atoms with van der Waals surface area (Å²) in [7, 11) is 0. The fourth-order valence-corrected chi connectivity index (χ4v) is 6.11. The molecule has 2 aromatic heterocycles. The third-order valence-electron chi connectivity index (χ3n) is 7.64. The van der Waals surface area contributed by atoms with E-state index in [2.05, 4.69) is 86.7 Å². The number of aromatic nitrogens is 2. The first-order chi connectivity index (χ1) is 11.7. The van der Waals surface area contributed by atoms with E-state index < -0.39 is 0 Å². The first-order valence-corrected chi connectivity index (χ1v) is 9.95. The molecule has 4 heterocycles. The largest absolute Gasteiger partial charge is 0.351 e. The van der Waals surface area contributed by atoms with E-state index in [4.69, 9.17) is 4.98 Å². The lowest BCUT2D eigenvalue weighted by Crippen LogP contribution is -2.62. The molecule has 0 bridgehead atoms. The minimum atomic E-state index is -0.134. The molecule has 0 spiro atoms. The molecule has 2 atom stereocenters. The molecule has 5 rings (SSSR count). The van der Waals surface area contributed by atoms with E-state index in [9.17, 15) is 0 Å². The summed E-state index contributed by atoms with van der Waals surface area (Å²) >= 11 is 1.73. The molecule has 0 amide bonds. The summed E-state index contributed by atoms with van der Waals surface area (Å²) in [6.07, 6.45) is 2.17. The highest BCUT2D eigenvalue weighted by atomic mass is 32.1. The summed E-state index contributed by atoms with van der Waals surface area (Å²) in [6, 6.07) is 9.26. The van der Waals surface area contributed by atoms with Crippen molar-refractivity contribution in [1.82, 2.24) is 9.38 Å². The van der Waals surface area contributed by atoms with Gasteiger partial charge in [0.05, 0.1) is 23.0 Å². The fraction of sp³-hybridized carbons (Fsp3) is 0.476. The van der Waals surface area contributed by atoms with E-state index in [1.54, 1.807) is 11.3 Å². The number of benzene rings is 1. The predicted molar refractivity (Wildman–Crippen MR) is 105 cm³/mol. The Labute approximate surface area is 153 Å². The van der Waals surface area contributed by atoms with E-state index >= 15 is 0 Å². The van der Waals surface area contributed by atoms with Gasteiger partial charge in [-0.1, -0.05) is 45.9 Å². The average Bonchev–Trinajstić information content (AvgIpc) is 3.19. The molecule has 2 aliphatic rings. The SMILES string of the molecule is C[C@H]1c2c(nc3sccn23)C2(C)N1c1ccccc1C(C)(C)C2(C)C. The van der Waals surface area contributed by atoms with Crippen LogP contribution in [0.3, 0.4) is 0 Å². The lowest BCUT2D eigenvalue weighted by molar-refractivity contribution is 0.0630. The number of rotatable bonds is 0. The molecule has 25 heavy (non-hydrogen) atoms. The van der Waals surface area contributed by atoms with Gasteiger partial charge in [0.25, 0.3) is 0 Å². The molecule has 3 aromatic rings. The standard InChI is InChI=1S/C21H25N3S/c1-13-16-17(22-18-23(16)11-12-25-18)21(6)20(4,5)19(2,3)14-9-7-8-10-15(14)24(13)21/h7-13H,1-6H3/t13-,21?/m0/s1. The van der Waals surface area contributed by atoms with E-state index in [1.807, 2.05) is 0 Å². The minimum Gasteiger partial charge on any atom is -0.351 e. The molecule has 130 valence electrons. The zero-order valence-electron chi connectivity index (χ0n) is 15.8. The van der Waals surface area contributed by atoms with Crippen LogP contribution < -0.4 is 4.90 Å². The first kappa shape index (κ1) is 15.4. The molecule has 0 N–H and O–H groups in total. The lowest BCUT2D eigenvalue weighted by Gasteiger charge is -2.61.